The van der Waals surface area contributed by atoms with Crippen molar-refractivity contribution < 1.29 is 22.7 Å². The summed E-state index contributed by atoms with van der Waals surface area (Å²) in [6.07, 6.45) is 2.14. The van der Waals surface area contributed by atoms with Crippen molar-refractivity contribution in [1.82, 2.24) is 10.2 Å². The van der Waals surface area contributed by atoms with Crippen LogP contribution in [0.4, 0.5) is 5.69 Å². The van der Waals surface area contributed by atoms with Gasteiger partial charge in [0.15, 0.2) is 0 Å². The van der Waals surface area contributed by atoms with Gasteiger partial charge in [0.1, 0.15) is 24.9 Å². The Bertz CT molecular complexity index is 1380. The van der Waals surface area contributed by atoms with Crippen LogP contribution in [-0.2, 0) is 32.8 Å². The minimum atomic E-state index is -3.84. The van der Waals surface area contributed by atoms with Gasteiger partial charge in [-0.25, -0.2) is 8.42 Å². The van der Waals surface area contributed by atoms with Crippen LogP contribution in [0.15, 0.2) is 78.9 Å². The predicted octanol–water partition coefficient (Wildman–Crippen LogP) is 5.41. The maximum absolute atomic E-state index is 13.8. The average molecular weight is 600 g/mol. The van der Waals surface area contributed by atoms with Crippen LogP contribution in [0, 0.1) is 0 Å². The molecule has 3 aromatic carbocycles. The standard InChI is InChI=1S/C31H38ClN3O5S/c1-5-23(3)33-31(37)29(6-2)34(20-24-12-14-26(32)15-13-24)30(36)21-35(41(4,38)39)27-16-18-28(19-17-27)40-22-25-10-8-7-9-11-25/h7-19,23,29H,5-6,20-22H2,1-4H3,(H,33,37). The van der Waals surface area contributed by atoms with E-state index < -0.39 is 28.5 Å². The smallest absolute Gasteiger partial charge is 0.244 e. The van der Waals surface area contributed by atoms with Crippen molar-refractivity contribution in [3.8, 4) is 5.75 Å². The number of anilines is 1. The predicted molar refractivity (Wildman–Crippen MR) is 163 cm³/mol. The monoisotopic (exact) mass is 599 g/mol. The van der Waals surface area contributed by atoms with E-state index in [9.17, 15) is 18.0 Å². The van der Waals surface area contributed by atoms with E-state index >= 15 is 0 Å². The van der Waals surface area contributed by atoms with E-state index in [1.165, 1.54) is 4.90 Å². The molecule has 0 bridgehead atoms. The molecule has 2 atom stereocenters. The molecule has 0 fully saturated rings. The molecule has 0 aliphatic rings. The maximum atomic E-state index is 13.8. The lowest BCUT2D eigenvalue weighted by Crippen LogP contribution is -2.53. The highest BCUT2D eigenvalue weighted by molar-refractivity contribution is 7.92. The van der Waals surface area contributed by atoms with Crippen LogP contribution >= 0.6 is 11.6 Å². The Morgan fingerprint density at radius 2 is 1.54 bits per heavy atom. The summed E-state index contributed by atoms with van der Waals surface area (Å²) in [5.74, 6) is -0.217. The molecule has 0 saturated heterocycles. The molecule has 10 heteroatoms. The highest BCUT2D eigenvalue weighted by Crippen LogP contribution is 2.24. The Labute approximate surface area is 248 Å². The number of benzene rings is 3. The summed E-state index contributed by atoms with van der Waals surface area (Å²) in [5.41, 5.74) is 2.09. The lowest BCUT2D eigenvalue weighted by Gasteiger charge is -2.33. The van der Waals surface area contributed by atoms with Crippen LogP contribution in [0.25, 0.3) is 0 Å². The lowest BCUT2D eigenvalue weighted by atomic mass is 10.1. The van der Waals surface area contributed by atoms with Crippen LogP contribution in [0.3, 0.4) is 0 Å². The molecule has 220 valence electrons. The molecule has 3 aromatic rings. The average Bonchev–Trinajstić information content (AvgIpc) is 2.95. The highest BCUT2D eigenvalue weighted by Gasteiger charge is 2.32. The van der Waals surface area contributed by atoms with Gasteiger partial charge in [-0.2, -0.15) is 0 Å². The number of hydrogen-bond acceptors (Lipinski definition) is 5. The topological polar surface area (TPSA) is 96.0 Å². The summed E-state index contributed by atoms with van der Waals surface area (Å²) >= 11 is 6.05. The Balaban J connectivity index is 1.85. The van der Waals surface area contributed by atoms with Gasteiger partial charge in [-0.15, -0.1) is 0 Å². The SMILES string of the molecule is CCC(C)NC(=O)C(CC)N(Cc1ccc(Cl)cc1)C(=O)CN(c1ccc(OCc2ccccc2)cc1)S(C)(=O)=O. The van der Waals surface area contributed by atoms with Crippen molar-refractivity contribution in [2.75, 3.05) is 17.1 Å². The second-order valence-corrected chi connectivity index (χ2v) is 12.3. The molecule has 0 radical (unpaired) electrons. The van der Waals surface area contributed by atoms with Crippen LogP contribution < -0.4 is 14.4 Å². The van der Waals surface area contributed by atoms with Crippen molar-refractivity contribution in [3.63, 3.8) is 0 Å². The molecule has 3 rings (SSSR count). The fraction of sp³-hybridized carbons (Fsp3) is 0.355. The van der Waals surface area contributed by atoms with Crippen molar-refractivity contribution in [2.45, 2.75) is 58.8 Å². The molecule has 0 saturated carbocycles. The number of halogens is 1. The zero-order valence-corrected chi connectivity index (χ0v) is 25.5. The molecule has 1 N–H and O–H groups in total. The lowest BCUT2D eigenvalue weighted by molar-refractivity contribution is -0.140. The van der Waals surface area contributed by atoms with Crippen LogP contribution in [0.2, 0.25) is 5.02 Å². The second kappa shape index (κ2) is 14.9. The Morgan fingerprint density at radius 1 is 0.902 bits per heavy atom. The first-order valence-electron chi connectivity index (χ1n) is 13.6. The third kappa shape index (κ3) is 9.50. The minimum Gasteiger partial charge on any atom is -0.489 e. The van der Waals surface area contributed by atoms with Crippen molar-refractivity contribution in [1.29, 1.82) is 0 Å². The number of carbonyl (C=O) groups is 2. The fourth-order valence-corrected chi connectivity index (χ4v) is 5.19. The summed E-state index contributed by atoms with van der Waals surface area (Å²) in [6, 6.07) is 22.4. The van der Waals surface area contributed by atoms with E-state index in [0.29, 0.717) is 29.5 Å². The third-order valence-electron chi connectivity index (χ3n) is 6.71. The van der Waals surface area contributed by atoms with E-state index in [-0.39, 0.29) is 18.5 Å². The van der Waals surface area contributed by atoms with Crippen LogP contribution in [0.1, 0.15) is 44.7 Å². The molecule has 0 spiro atoms. The number of ether oxygens (including phenoxy) is 1. The molecule has 0 heterocycles. The fourth-order valence-electron chi connectivity index (χ4n) is 4.21. The summed E-state index contributed by atoms with van der Waals surface area (Å²) in [7, 11) is -3.84. The summed E-state index contributed by atoms with van der Waals surface area (Å²) in [6.45, 7) is 5.70. The van der Waals surface area contributed by atoms with E-state index in [1.807, 2.05) is 51.1 Å². The first-order chi connectivity index (χ1) is 19.5. The van der Waals surface area contributed by atoms with Gasteiger partial charge < -0.3 is 15.0 Å². The van der Waals surface area contributed by atoms with Gasteiger partial charge >= 0.3 is 0 Å². The first-order valence-corrected chi connectivity index (χ1v) is 15.8. The molecular weight excluding hydrogens is 562 g/mol. The van der Waals surface area contributed by atoms with Gasteiger partial charge in [-0.1, -0.05) is 67.9 Å². The number of nitrogens with zero attached hydrogens (tertiary/aromatic N) is 2. The number of amides is 2. The first kappa shape index (κ1) is 32.0. The van der Waals surface area contributed by atoms with E-state index in [4.69, 9.17) is 16.3 Å². The quantitative estimate of drug-likeness (QED) is 0.267. The number of carbonyl (C=O) groups excluding carboxylic acids is 2. The van der Waals surface area contributed by atoms with Gasteiger partial charge in [0.25, 0.3) is 0 Å². The Morgan fingerprint density at radius 3 is 2.10 bits per heavy atom. The van der Waals surface area contributed by atoms with Crippen molar-refractivity contribution in [2.24, 2.45) is 0 Å². The zero-order chi connectivity index (χ0) is 30.0. The van der Waals surface area contributed by atoms with Gasteiger partial charge in [0.05, 0.1) is 11.9 Å². The minimum absolute atomic E-state index is 0.0702. The van der Waals surface area contributed by atoms with E-state index in [2.05, 4.69) is 5.32 Å². The number of rotatable bonds is 14. The summed E-state index contributed by atoms with van der Waals surface area (Å²) in [5, 5.41) is 3.51. The normalized spacial score (nSPS) is 12.7. The molecule has 0 aromatic heterocycles. The van der Waals surface area contributed by atoms with E-state index in [1.54, 1.807) is 48.5 Å². The zero-order valence-electron chi connectivity index (χ0n) is 23.9. The van der Waals surface area contributed by atoms with Gasteiger partial charge in [-0.05, 0) is 67.3 Å². The largest absolute Gasteiger partial charge is 0.489 e. The molecule has 2 unspecified atom stereocenters. The third-order valence-corrected chi connectivity index (χ3v) is 8.10. The van der Waals surface area contributed by atoms with E-state index in [0.717, 1.165) is 28.1 Å². The maximum Gasteiger partial charge on any atom is 0.244 e. The molecule has 0 aliphatic heterocycles. The molecule has 0 aliphatic carbocycles. The summed E-state index contributed by atoms with van der Waals surface area (Å²) < 4.78 is 32.6. The number of hydrogen-bond donors (Lipinski definition) is 1. The number of sulfonamides is 1. The van der Waals surface area contributed by atoms with Crippen molar-refractivity contribution >= 4 is 39.1 Å². The molecule has 41 heavy (non-hydrogen) atoms. The molecule has 2 amide bonds. The number of nitrogens with one attached hydrogen (secondary N) is 1. The Kier molecular flexibility index (Phi) is 11.6. The van der Waals surface area contributed by atoms with Gasteiger partial charge in [-0.3, -0.25) is 13.9 Å². The highest BCUT2D eigenvalue weighted by atomic mass is 35.5. The van der Waals surface area contributed by atoms with Gasteiger partial charge in [0.2, 0.25) is 21.8 Å². The van der Waals surface area contributed by atoms with Gasteiger partial charge in [0, 0.05) is 17.6 Å². The summed E-state index contributed by atoms with van der Waals surface area (Å²) in [4.78, 5) is 28.5. The second-order valence-electron chi connectivity index (χ2n) is 9.93. The molecular formula is C31H38ClN3O5S. The molecule has 8 nitrogen and oxygen atoms in total. The van der Waals surface area contributed by atoms with Crippen LogP contribution in [-0.4, -0.2) is 50.0 Å². The van der Waals surface area contributed by atoms with Crippen LogP contribution in [0.5, 0.6) is 5.75 Å². The Hall–Kier alpha value is -3.56. The van der Waals surface area contributed by atoms with Crippen molar-refractivity contribution in [3.05, 3.63) is 95.0 Å².